The Morgan fingerprint density at radius 3 is 2.70 bits per heavy atom. The highest BCUT2D eigenvalue weighted by molar-refractivity contribution is 7.20. The Labute approximate surface area is 178 Å². The summed E-state index contributed by atoms with van der Waals surface area (Å²) in [7, 11) is 0. The zero-order chi connectivity index (χ0) is 20.7. The quantitative estimate of drug-likeness (QED) is 0.661. The van der Waals surface area contributed by atoms with Crippen molar-refractivity contribution in [3.8, 4) is 10.9 Å². The summed E-state index contributed by atoms with van der Waals surface area (Å²) in [5.74, 6) is 0.389. The van der Waals surface area contributed by atoms with E-state index in [1.54, 1.807) is 6.92 Å². The third-order valence-electron chi connectivity index (χ3n) is 5.98. The van der Waals surface area contributed by atoms with Gasteiger partial charge in [-0.3, -0.25) is 9.69 Å². The molecule has 3 aromatic rings. The highest BCUT2D eigenvalue weighted by Crippen LogP contribution is 2.37. The molecule has 0 unspecified atom stereocenters. The fourth-order valence-electron chi connectivity index (χ4n) is 4.73. The molecule has 156 valence electrons. The molecule has 1 N–H and O–H groups in total. The first-order chi connectivity index (χ1) is 14.5. The molecule has 6 nitrogen and oxygen atoms in total. The van der Waals surface area contributed by atoms with Crippen molar-refractivity contribution in [3.63, 3.8) is 0 Å². The molecule has 0 radical (unpaired) electrons. The van der Waals surface area contributed by atoms with Crippen LogP contribution in [0.25, 0.3) is 10.3 Å². The van der Waals surface area contributed by atoms with Crippen LogP contribution in [0.1, 0.15) is 38.2 Å². The fraction of sp³-hybridized carbons (Fsp3) is 0.409. The predicted molar refractivity (Wildman–Crippen MR) is 113 cm³/mol. The van der Waals surface area contributed by atoms with Crippen LogP contribution < -0.4 is 10.1 Å². The maximum atomic E-state index is 13.3. The highest BCUT2D eigenvalue weighted by atomic mass is 32.1. The second-order valence-electron chi connectivity index (χ2n) is 8.13. The maximum absolute atomic E-state index is 13.3. The molecule has 2 aliphatic rings. The fourth-order valence-corrected chi connectivity index (χ4v) is 5.55. The number of amides is 1. The number of ether oxygens (including phenoxy) is 1. The maximum Gasteiger partial charge on any atom is 0.281 e. The molecule has 3 atom stereocenters. The zero-order valence-electron chi connectivity index (χ0n) is 16.7. The Bertz CT molecular complexity index is 1060. The van der Waals surface area contributed by atoms with Crippen molar-refractivity contribution in [2.75, 3.05) is 0 Å². The third kappa shape index (κ3) is 4.02. The largest absolute Gasteiger partial charge is 0.431 e. The Morgan fingerprint density at radius 2 is 2.00 bits per heavy atom. The smallest absolute Gasteiger partial charge is 0.281 e. The molecule has 1 aromatic carbocycles. The van der Waals surface area contributed by atoms with Crippen molar-refractivity contribution in [1.29, 1.82) is 0 Å². The van der Waals surface area contributed by atoms with Crippen LogP contribution in [-0.2, 0) is 11.3 Å². The minimum atomic E-state index is -0.378. The van der Waals surface area contributed by atoms with Crippen LogP contribution in [0, 0.1) is 5.82 Å². The SMILES string of the molecule is CC(=O)N[C@H]1C[C@H]2CC[C@@H](C1)N2Cc1ccc(Oc2nc3ncc(F)cc3s2)cc1. The molecule has 0 aliphatic carbocycles. The molecule has 2 aliphatic heterocycles. The second kappa shape index (κ2) is 7.92. The van der Waals surface area contributed by atoms with Crippen molar-refractivity contribution >= 4 is 27.6 Å². The lowest BCUT2D eigenvalue weighted by Gasteiger charge is -2.39. The molecule has 8 heteroatoms. The van der Waals surface area contributed by atoms with Crippen LogP contribution >= 0.6 is 11.3 Å². The molecular formula is C22H23FN4O2S. The Balaban J connectivity index is 1.23. The number of fused-ring (bicyclic) bond motifs is 3. The van der Waals surface area contributed by atoms with Gasteiger partial charge in [-0.05, 0) is 49.4 Å². The molecule has 2 fully saturated rings. The Kier molecular flexibility index (Phi) is 5.12. The van der Waals surface area contributed by atoms with Crippen LogP contribution in [0.4, 0.5) is 4.39 Å². The molecule has 2 saturated heterocycles. The van der Waals surface area contributed by atoms with E-state index < -0.39 is 0 Å². The summed E-state index contributed by atoms with van der Waals surface area (Å²) < 4.78 is 19.8. The second-order valence-corrected chi connectivity index (χ2v) is 9.12. The number of benzene rings is 1. The number of rotatable bonds is 5. The van der Waals surface area contributed by atoms with Gasteiger partial charge in [0.2, 0.25) is 5.91 Å². The van der Waals surface area contributed by atoms with E-state index in [1.165, 1.54) is 35.8 Å². The van der Waals surface area contributed by atoms with Crippen molar-refractivity contribution in [3.05, 3.63) is 47.9 Å². The summed E-state index contributed by atoms with van der Waals surface area (Å²) in [5.41, 5.74) is 1.73. The van der Waals surface area contributed by atoms with Gasteiger partial charge in [-0.2, -0.15) is 4.98 Å². The van der Waals surface area contributed by atoms with Gasteiger partial charge in [0.1, 0.15) is 11.6 Å². The van der Waals surface area contributed by atoms with Gasteiger partial charge >= 0.3 is 0 Å². The number of carbonyl (C=O) groups is 1. The number of piperidine rings is 1. The number of halogens is 1. The molecule has 1 amide bonds. The molecular weight excluding hydrogens is 403 g/mol. The van der Waals surface area contributed by atoms with Crippen molar-refractivity contribution in [1.82, 2.24) is 20.2 Å². The van der Waals surface area contributed by atoms with Crippen LogP contribution in [0.5, 0.6) is 10.9 Å². The summed E-state index contributed by atoms with van der Waals surface area (Å²) in [6.07, 6.45) is 5.63. The first kappa shape index (κ1) is 19.4. The molecule has 0 spiro atoms. The number of aromatic nitrogens is 2. The van der Waals surface area contributed by atoms with E-state index in [-0.39, 0.29) is 11.7 Å². The number of hydrogen-bond acceptors (Lipinski definition) is 6. The molecule has 4 heterocycles. The van der Waals surface area contributed by atoms with Gasteiger partial charge < -0.3 is 10.1 Å². The number of nitrogens with zero attached hydrogens (tertiary/aromatic N) is 3. The van der Waals surface area contributed by atoms with Crippen molar-refractivity contribution in [2.45, 2.75) is 57.3 Å². The van der Waals surface area contributed by atoms with Gasteiger partial charge in [-0.25, -0.2) is 9.37 Å². The summed E-state index contributed by atoms with van der Waals surface area (Å²) >= 11 is 1.28. The Morgan fingerprint density at radius 1 is 1.27 bits per heavy atom. The number of thiazole rings is 1. The third-order valence-corrected chi connectivity index (χ3v) is 6.85. The number of nitrogens with one attached hydrogen (secondary N) is 1. The lowest BCUT2D eigenvalue weighted by atomic mass is 9.96. The minimum absolute atomic E-state index is 0.0671. The normalized spacial score (nSPS) is 23.6. The highest BCUT2D eigenvalue weighted by Gasteiger charge is 2.40. The lowest BCUT2D eigenvalue weighted by Crippen LogP contribution is -2.49. The first-order valence-corrected chi connectivity index (χ1v) is 11.1. The van der Waals surface area contributed by atoms with E-state index in [2.05, 4.69) is 32.3 Å². The average Bonchev–Trinajstić information content (AvgIpc) is 3.19. The zero-order valence-corrected chi connectivity index (χ0v) is 17.5. The molecule has 30 heavy (non-hydrogen) atoms. The average molecular weight is 427 g/mol. The van der Waals surface area contributed by atoms with E-state index in [9.17, 15) is 9.18 Å². The standard InChI is InChI=1S/C22H23FN4O2S/c1-13(28)25-16-9-17-4-5-18(10-16)27(17)12-14-2-6-19(7-3-14)29-22-26-21-20(30-22)8-15(23)11-24-21/h2-3,6-8,11,16-18H,4-5,9-10,12H2,1H3,(H,25,28)/t16-,17+,18-. The van der Waals surface area contributed by atoms with Crippen LogP contribution in [0.3, 0.4) is 0 Å². The number of carbonyl (C=O) groups excluding carboxylic acids is 1. The number of hydrogen-bond donors (Lipinski definition) is 1. The van der Waals surface area contributed by atoms with Gasteiger partial charge in [-0.15, -0.1) is 0 Å². The van der Waals surface area contributed by atoms with E-state index in [0.717, 1.165) is 25.6 Å². The van der Waals surface area contributed by atoms with Gasteiger partial charge in [0, 0.05) is 31.6 Å². The van der Waals surface area contributed by atoms with Crippen molar-refractivity contribution in [2.24, 2.45) is 0 Å². The van der Waals surface area contributed by atoms with Crippen LogP contribution in [0.15, 0.2) is 36.5 Å². The molecule has 2 aromatic heterocycles. The lowest BCUT2D eigenvalue weighted by molar-refractivity contribution is -0.120. The summed E-state index contributed by atoms with van der Waals surface area (Å²) in [6.45, 7) is 2.51. The number of pyridine rings is 1. The van der Waals surface area contributed by atoms with E-state index in [1.807, 2.05) is 12.1 Å². The molecule has 5 rings (SSSR count). The molecule has 0 saturated carbocycles. The monoisotopic (exact) mass is 426 g/mol. The van der Waals surface area contributed by atoms with Crippen LogP contribution in [0.2, 0.25) is 0 Å². The van der Waals surface area contributed by atoms with Gasteiger partial charge in [0.15, 0.2) is 5.65 Å². The van der Waals surface area contributed by atoms with E-state index in [4.69, 9.17) is 4.74 Å². The van der Waals surface area contributed by atoms with Gasteiger partial charge in [0.05, 0.1) is 10.9 Å². The Hall–Kier alpha value is -2.58. The summed E-state index contributed by atoms with van der Waals surface area (Å²) in [6, 6.07) is 10.9. The summed E-state index contributed by atoms with van der Waals surface area (Å²) in [5, 5.41) is 3.55. The van der Waals surface area contributed by atoms with Crippen molar-refractivity contribution < 1.29 is 13.9 Å². The van der Waals surface area contributed by atoms with Gasteiger partial charge in [0.25, 0.3) is 5.19 Å². The van der Waals surface area contributed by atoms with E-state index in [0.29, 0.717) is 39.4 Å². The van der Waals surface area contributed by atoms with E-state index >= 15 is 0 Å². The minimum Gasteiger partial charge on any atom is -0.431 e. The first-order valence-electron chi connectivity index (χ1n) is 10.3. The predicted octanol–water partition coefficient (Wildman–Crippen LogP) is 4.25. The summed E-state index contributed by atoms with van der Waals surface area (Å²) in [4.78, 5) is 22.3. The molecule has 2 bridgehead atoms. The van der Waals surface area contributed by atoms with Gasteiger partial charge in [-0.1, -0.05) is 23.5 Å². The van der Waals surface area contributed by atoms with Crippen LogP contribution in [-0.4, -0.2) is 38.9 Å². The topological polar surface area (TPSA) is 67.4 Å².